The number of likely N-dealkylation sites (tertiary alicyclic amines) is 1. The van der Waals surface area contributed by atoms with Crippen LogP contribution < -0.4 is 5.32 Å². The van der Waals surface area contributed by atoms with E-state index in [1.165, 1.54) is 18.5 Å². The third-order valence-corrected chi connectivity index (χ3v) is 8.27. The Labute approximate surface area is 195 Å². The van der Waals surface area contributed by atoms with Gasteiger partial charge >= 0.3 is 0 Å². The van der Waals surface area contributed by atoms with Crippen molar-refractivity contribution in [2.45, 2.75) is 44.0 Å². The normalized spacial score (nSPS) is 21.8. The minimum absolute atomic E-state index is 0.0696. The lowest BCUT2D eigenvalue weighted by Gasteiger charge is -2.36. The minimum Gasteiger partial charge on any atom is -0.342 e. The van der Waals surface area contributed by atoms with E-state index in [4.69, 9.17) is 11.6 Å². The van der Waals surface area contributed by atoms with Crippen LogP contribution in [0.25, 0.3) is 0 Å². The number of piperidine rings is 1. The molecule has 1 unspecified atom stereocenters. The van der Waals surface area contributed by atoms with Gasteiger partial charge in [-0.05, 0) is 70.0 Å². The van der Waals surface area contributed by atoms with Crippen molar-refractivity contribution >= 4 is 33.4 Å². The molecule has 1 N–H and O–H groups in total. The summed E-state index contributed by atoms with van der Waals surface area (Å²) in [5, 5.41) is 3.01. The molecule has 2 aliphatic heterocycles. The van der Waals surface area contributed by atoms with E-state index in [-0.39, 0.29) is 17.2 Å². The number of rotatable bonds is 6. The highest BCUT2D eigenvalue weighted by Crippen LogP contribution is 2.29. The first-order chi connectivity index (χ1) is 15.0. The standard InChI is InChI=1S/C22H31ClN4O4S/c1-15-11-20(16(2)10-18(15)23)32(30,31)27-9-7-24-22(29)19(27)12-21(28)26-8-5-6-17(14-26)13-25(3)4/h7,9-11,17,19H,5-6,8,12-14H2,1-4H3,(H,24,29)/t17?,19-/m1/s1. The SMILES string of the molecule is Cc1cc(S(=O)(=O)N2C=CNC(=O)[C@H]2CC(=O)N2CCCC(CN(C)C)C2)c(C)cc1Cl. The first kappa shape index (κ1) is 24.5. The van der Waals surface area contributed by atoms with Crippen molar-refractivity contribution in [2.75, 3.05) is 33.7 Å². The molecule has 1 aromatic rings. The number of aryl methyl sites for hydroxylation is 2. The number of nitrogens with one attached hydrogen (secondary N) is 1. The number of halogens is 1. The Bertz CT molecular complexity index is 1030. The molecule has 1 saturated heterocycles. The van der Waals surface area contributed by atoms with E-state index in [2.05, 4.69) is 10.2 Å². The number of nitrogens with zero attached hydrogens (tertiary/aromatic N) is 3. The van der Waals surface area contributed by atoms with Crippen LogP contribution in [-0.2, 0) is 19.6 Å². The molecule has 176 valence electrons. The molecule has 10 heteroatoms. The minimum atomic E-state index is -4.07. The Balaban J connectivity index is 1.84. The Hall–Kier alpha value is -2.10. The van der Waals surface area contributed by atoms with E-state index in [1.807, 2.05) is 14.1 Å². The third kappa shape index (κ3) is 5.27. The summed E-state index contributed by atoms with van der Waals surface area (Å²) in [5.41, 5.74) is 1.10. The second-order valence-corrected chi connectivity index (χ2v) is 11.1. The van der Waals surface area contributed by atoms with Gasteiger partial charge in [0.1, 0.15) is 6.04 Å². The average Bonchev–Trinajstić information content (AvgIpc) is 2.71. The molecule has 0 radical (unpaired) electrons. The molecule has 0 aromatic heterocycles. The number of carbonyl (C=O) groups excluding carboxylic acids is 2. The van der Waals surface area contributed by atoms with Crippen molar-refractivity contribution in [3.8, 4) is 0 Å². The summed E-state index contributed by atoms with van der Waals surface area (Å²) in [6.07, 6.45) is 4.32. The molecular formula is C22H31ClN4O4S. The number of benzene rings is 1. The summed E-state index contributed by atoms with van der Waals surface area (Å²) in [5.74, 6) is -0.370. The highest BCUT2D eigenvalue weighted by atomic mass is 35.5. The van der Waals surface area contributed by atoms with Crippen molar-refractivity contribution in [3.05, 3.63) is 40.7 Å². The monoisotopic (exact) mass is 482 g/mol. The molecule has 2 heterocycles. The maximum atomic E-state index is 13.5. The van der Waals surface area contributed by atoms with Gasteiger partial charge in [-0.25, -0.2) is 8.42 Å². The lowest BCUT2D eigenvalue weighted by molar-refractivity contribution is -0.137. The maximum Gasteiger partial charge on any atom is 0.264 e. The second kappa shape index (κ2) is 9.80. The van der Waals surface area contributed by atoms with Crippen LogP contribution in [0.2, 0.25) is 5.02 Å². The zero-order valence-electron chi connectivity index (χ0n) is 19.0. The van der Waals surface area contributed by atoms with E-state index >= 15 is 0 Å². The predicted molar refractivity (Wildman–Crippen MR) is 123 cm³/mol. The van der Waals surface area contributed by atoms with Crippen LogP contribution in [0.1, 0.15) is 30.4 Å². The molecule has 0 bridgehead atoms. The van der Waals surface area contributed by atoms with Crippen LogP contribution in [0.3, 0.4) is 0 Å². The number of amides is 2. The highest BCUT2D eigenvalue weighted by Gasteiger charge is 2.39. The maximum absolute atomic E-state index is 13.5. The van der Waals surface area contributed by atoms with E-state index in [1.54, 1.807) is 24.8 Å². The average molecular weight is 483 g/mol. The molecule has 0 aliphatic carbocycles. The Morgan fingerprint density at radius 3 is 2.66 bits per heavy atom. The van der Waals surface area contributed by atoms with Crippen molar-refractivity contribution in [3.63, 3.8) is 0 Å². The Morgan fingerprint density at radius 1 is 1.25 bits per heavy atom. The lowest BCUT2D eigenvalue weighted by Crippen LogP contribution is -2.52. The van der Waals surface area contributed by atoms with Gasteiger partial charge in [-0.2, -0.15) is 0 Å². The van der Waals surface area contributed by atoms with Crippen molar-refractivity contribution in [2.24, 2.45) is 5.92 Å². The van der Waals surface area contributed by atoms with E-state index < -0.39 is 22.0 Å². The third-order valence-electron chi connectivity index (χ3n) is 5.93. The first-order valence-corrected chi connectivity index (χ1v) is 12.5. The van der Waals surface area contributed by atoms with Crippen molar-refractivity contribution in [1.82, 2.24) is 19.4 Å². The molecule has 2 atom stereocenters. The highest BCUT2D eigenvalue weighted by molar-refractivity contribution is 7.89. The molecule has 0 saturated carbocycles. The lowest BCUT2D eigenvalue weighted by atomic mass is 9.97. The van der Waals surface area contributed by atoms with E-state index in [0.717, 1.165) is 23.7 Å². The smallest absolute Gasteiger partial charge is 0.264 e. The zero-order chi connectivity index (χ0) is 23.6. The fraction of sp³-hybridized carbons (Fsp3) is 0.545. The molecular weight excluding hydrogens is 452 g/mol. The van der Waals surface area contributed by atoms with Gasteiger partial charge in [-0.15, -0.1) is 0 Å². The van der Waals surface area contributed by atoms with Crippen molar-refractivity contribution < 1.29 is 18.0 Å². The van der Waals surface area contributed by atoms with Crippen LogP contribution in [0.5, 0.6) is 0 Å². The summed E-state index contributed by atoms with van der Waals surface area (Å²) >= 11 is 6.13. The number of hydrogen-bond donors (Lipinski definition) is 1. The van der Waals surface area contributed by atoms with Gasteiger partial charge in [0.05, 0.1) is 11.3 Å². The van der Waals surface area contributed by atoms with Gasteiger partial charge in [-0.3, -0.25) is 13.9 Å². The molecule has 2 aliphatic rings. The van der Waals surface area contributed by atoms with Gasteiger partial charge in [0.25, 0.3) is 10.0 Å². The van der Waals surface area contributed by atoms with Crippen LogP contribution in [0.15, 0.2) is 29.4 Å². The Morgan fingerprint density at radius 2 is 1.97 bits per heavy atom. The fourth-order valence-corrected chi connectivity index (χ4v) is 6.30. The van der Waals surface area contributed by atoms with Crippen LogP contribution in [0.4, 0.5) is 0 Å². The van der Waals surface area contributed by atoms with Crippen LogP contribution in [0, 0.1) is 19.8 Å². The number of carbonyl (C=O) groups is 2. The van der Waals surface area contributed by atoms with E-state index in [9.17, 15) is 18.0 Å². The zero-order valence-corrected chi connectivity index (χ0v) is 20.5. The van der Waals surface area contributed by atoms with Gasteiger partial charge in [0.2, 0.25) is 11.8 Å². The van der Waals surface area contributed by atoms with Gasteiger partial charge in [0, 0.05) is 37.1 Å². The first-order valence-electron chi connectivity index (χ1n) is 10.7. The number of sulfonamides is 1. The molecule has 3 rings (SSSR count). The molecule has 2 amide bonds. The topological polar surface area (TPSA) is 90.0 Å². The summed E-state index contributed by atoms with van der Waals surface area (Å²) in [6.45, 7) is 5.50. The van der Waals surface area contributed by atoms with Crippen molar-refractivity contribution in [1.29, 1.82) is 0 Å². The summed E-state index contributed by atoms with van der Waals surface area (Å²) in [4.78, 5) is 29.7. The van der Waals surface area contributed by atoms with Gasteiger partial charge < -0.3 is 15.1 Å². The predicted octanol–water partition coefficient (Wildman–Crippen LogP) is 2.11. The Kier molecular flexibility index (Phi) is 7.52. The molecule has 1 aromatic carbocycles. The molecule has 32 heavy (non-hydrogen) atoms. The molecule has 1 fully saturated rings. The van der Waals surface area contributed by atoms with E-state index in [0.29, 0.717) is 35.2 Å². The summed E-state index contributed by atoms with van der Waals surface area (Å²) < 4.78 is 28.0. The van der Waals surface area contributed by atoms with Gasteiger partial charge in [0.15, 0.2) is 0 Å². The fourth-order valence-electron chi connectivity index (χ4n) is 4.34. The largest absolute Gasteiger partial charge is 0.342 e. The second-order valence-electron chi connectivity index (χ2n) is 8.86. The number of hydrogen-bond acceptors (Lipinski definition) is 5. The molecule has 0 spiro atoms. The summed E-state index contributed by atoms with van der Waals surface area (Å²) in [6, 6.07) is 1.95. The molecule has 8 nitrogen and oxygen atoms in total. The van der Waals surface area contributed by atoms with Gasteiger partial charge in [-0.1, -0.05) is 11.6 Å². The van der Waals surface area contributed by atoms with Crippen LogP contribution >= 0.6 is 11.6 Å². The summed E-state index contributed by atoms with van der Waals surface area (Å²) in [7, 11) is -0.0621. The van der Waals surface area contributed by atoms with Crippen LogP contribution in [-0.4, -0.2) is 74.1 Å². The quantitative estimate of drug-likeness (QED) is 0.670.